The van der Waals surface area contributed by atoms with Crippen LogP contribution in [0.3, 0.4) is 0 Å². The molecule has 0 N–H and O–H groups in total. The van der Waals surface area contributed by atoms with Gasteiger partial charge >= 0.3 is 19.5 Å². The van der Waals surface area contributed by atoms with Gasteiger partial charge in [0.05, 0.1) is 13.2 Å². The Labute approximate surface area is 141 Å². The molecule has 0 saturated carbocycles. The molecule has 2 atom stereocenters. The molecule has 0 heterocycles. The monoisotopic (exact) mass is 394 g/mol. The van der Waals surface area contributed by atoms with E-state index in [2.05, 4.69) is 22.9 Å². The third kappa shape index (κ3) is 33.6. The fraction of sp³-hybridized carbons (Fsp3) is 1.00. The maximum Gasteiger partial charge on any atom is 2.00 e. The first-order valence-corrected chi connectivity index (χ1v) is 11.0. The zero-order chi connectivity index (χ0) is 16.1. The van der Waals surface area contributed by atoms with Crippen LogP contribution in [0, 0.1) is 0 Å². The summed E-state index contributed by atoms with van der Waals surface area (Å²) in [4.78, 5) is 20.8. The van der Waals surface area contributed by atoms with Crippen LogP contribution in [-0.2, 0) is 37.7 Å². The molecule has 0 aliphatic carbocycles. The van der Waals surface area contributed by atoms with Crippen molar-refractivity contribution in [3.05, 3.63) is 0 Å². The standard InChI is InChI=1S/2C6H15O3P.Zn/c2*1-3-4-5-6-9-10(2,7)8;/h2*3-6H2,1-2H3,(H,7,8);/q;;+2/p-2. The van der Waals surface area contributed by atoms with Gasteiger partial charge in [0, 0.05) is 13.3 Å². The van der Waals surface area contributed by atoms with Crippen molar-refractivity contribution in [3.63, 3.8) is 0 Å². The van der Waals surface area contributed by atoms with E-state index in [4.69, 9.17) is 0 Å². The minimum atomic E-state index is -3.46. The number of rotatable bonds is 10. The smallest absolute Gasteiger partial charge is 0.779 e. The molecule has 0 saturated heterocycles. The topological polar surface area (TPSA) is 98.7 Å². The number of hydrogen-bond donors (Lipinski definition) is 0. The molecular weight excluding hydrogens is 367 g/mol. The Hall–Kier alpha value is 0.923. The molecule has 124 valence electrons. The average molecular weight is 396 g/mol. The molecule has 0 aliphatic heterocycles. The van der Waals surface area contributed by atoms with Crippen molar-refractivity contribution in [2.45, 2.75) is 52.4 Å². The summed E-state index contributed by atoms with van der Waals surface area (Å²) >= 11 is 0. The molecular formula is C12H28O6P2Zn. The molecule has 0 spiro atoms. The number of hydrogen-bond acceptors (Lipinski definition) is 6. The van der Waals surface area contributed by atoms with E-state index in [0.29, 0.717) is 13.2 Å². The van der Waals surface area contributed by atoms with E-state index in [1.54, 1.807) is 0 Å². The van der Waals surface area contributed by atoms with Crippen molar-refractivity contribution in [2.75, 3.05) is 26.5 Å². The molecule has 0 rings (SSSR count). The normalized spacial score (nSPS) is 15.9. The van der Waals surface area contributed by atoms with Gasteiger partial charge in [-0.1, -0.05) is 39.5 Å². The van der Waals surface area contributed by atoms with Crippen LogP contribution in [0.25, 0.3) is 0 Å². The van der Waals surface area contributed by atoms with Crippen LogP contribution in [-0.4, -0.2) is 26.5 Å². The summed E-state index contributed by atoms with van der Waals surface area (Å²) in [5, 5.41) is 0. The van der Waals surface area contributed by atoms with Crippen LogP contribution in [0.5, 0.6) is 0 Å². The molecule has 0 aromatic rings. The van der Waals surface area contributed by atoms with E-state index in [9.17, 15) is 18.9 Å². The largest absolute Gasteiger partial charge is 2.00 e. The predicted octanol–water partition coefficient (Wildman–Crippen LogP) is 2.75. The summed E-state index contributed by atoms with van der Waals surface area (Å²) in [6.07, 6.45) is 5.87. The summed E-state index contributed by atoms with van der Waals surface area (Å²) in [5.74, 6) is 0. The fourth-order valence-corrected chi connectivity index (χ4v) is 2.09. The van der Waals surface area contributed by atoms with Crippen molar-refractivity contribution < 1.29 is 47.4 Å². The van der Waals surface area contributed by atoms with E-state index in [0.717, 1.165) is 51.9 Å². The molecule has 21 heavy (non-hydrogen) atoms. The summed E-state index contributed by atoms with van der Waals surface area (Å²) in [5.41, 5.74) is 0. The maximum absolute atomic E-state index is 10.4. The quantitative estimate of drug-likeness (QED) is 0.320. The van der Waals surface area contributed by atoms with Gasteiger partial charge in [-0.25, -0.2) is 0 Å². The van der Waals surface area contributed by atoms with Gasteiger partial charge < -0.3 is 28.0 Å². The van der Waals surface area contributed by atoms with E-state index < -0.39 is 15.2 Å². The second-order valence-corrected chi connectivity index (χ2v) is 8.23. The Kier molecular flexibility index (Phi) is 20.2. The van der Waals surface area contributed by atoms with Gasteiger partial charge in [-0.2, -0.15) is 0 Å². The van der Waals surface area contributed by atoms with Crippen LogP contribution in [0.2, 0.25) is 0 Å². The first kappa shape index (κ1) is 26.8. The zero-order valence-corrected chi connectivity index (χ0v) is 18.5. The van der Waals surface area contributed by atoms with Crippen molar-refractivity contribution >= 4 is 15.2 Å². The van der Waals surface area contributed by atoms with Gasteiger partial charge in [-0.05, 0) is 12.8 Å². The molecule has 2 unspecified atom stereocenters. The Bertz CT molecular complexity index is 272. The van der Waals surface area contributed by atoms with Crippen molar-refractivity contribution in [3.8, 4) is 0 Å². The van der Waals surface area contributed by atoms with Gasteiger partial charge in [-0.15, -0.1) is 0 Å². The Balaban J connectivity index is -0.000000295. The second kappa shape index (κ2) is 15.8. The average Bonchev–Trinajstić information content (AvgIpc) is 2.29. The maximum atomic E-state index is 10.4. The van der Waals surface area contributed by atoms with Crippen molar-refractivity contribution in [1.82, 2.24) is 0 Å². The van der Waals surface area contributed by atoms with Crippen LogP contribution in [0.4, 0.5) is 0 Å². The summed E-state index contributed by atoms with van der Waals surface area (Å²) in [7, 11) is -6.91. The van der Waals surface area contributed by atoms with E-state index in [-0.39, 0.29) is 19.5 Å². The van der Waals surface area contributed by atoms with E-state index >= 15 is 0 Å². The first-order chi connectivity index (χ1) is 9.12. The van der Waals surface area contributed by atoms with Crippen molar-refractivity contribution in [2.24, 2.45) is 0 Å². The molecule has 0 aromatic heterocycles. The van der Waals surface area contributed by atoms with Crippen LogP contribution < -0.4 is 9.79 Å². The molecule has 0 bridgehead atoms. The summed E-state index contributed by atoms with van der Waals surface area (Å²) < 4.78 is 29.9. The summed E-state index contributed by atoms with van der Waals surface area (Å²) in [6, 6.07) is 0. The van der Waals surface area contributed by atoms with Crippen LogP contribution in [0.1, 0.15) is 52.4 Å². The third-order valence-electron chi connectivity index (χ3n) is 2.15. The second-order valence-electron chi connectivity index (χ2n) is 4.62. The van der Waals surface area contributed by atoms with Gasteiger partial charge in [-0.3, -0.25) is 0 Å². The Morgan fingerprint density at radius 3 is 1.24 bits per heavy atom. The van der Waals surface area contributed by atoms with Gasteiger partial charge in [0.25, 0.3) is 0 Å². The predicted molar refractivity (Wildman–Crippen MR) is 78.0 cm³/mol. The fourth-order valence-electron chi connectivity index (χ4n) is 1.16. The minimum Gasteiger partial charge on any atom is -0.779 e. The van der Waals surface area contributed by atoms with Crippen LogP contribution in [0.15, 0.2) is 0 Å². The van der Waals surface area contributed by atoms with E-state index in [1.165, 1.54) is 0 Å². The van der Waals surface area contributed by atoms with E-state index in [1.807, 2.05) is 0 Å². The first-order valence-electron chi connectivity index (χ1n) is 6.98. The molecule has 0 fully saturated rings. The molecule has 0 radical (unpaired) electrons. The van der Waals surface area contributed by atoms with Gasteiger partial charge in [0.2, 0.25) is 0 Å². The van der Waals surface area contributed by atoms with Crippen LogP contribution >= 0.6 is 15.2 Å². The third-order valence-corrected chi connectivity index (χ3v) is 3.45. The molecule has 6 nitrogen and oxygen atoms in total. The van der Waals surface area contributed by atoms with Gasteiger partial charge in [0.1, 0.15) is 15.2 Å². The Morgan fingerprint density at radius 1 is 0.762 bits per heavy atom. The summed E-state index contributed by atoms with van der Waals surface area (Å²) in [6.45, 7) is 6.99. The molecule has 9 heteroatoms. The molecule has 0 aromatic carbocycles. The SMILES string of the molecule is CCCCCOP(C)(=O)[O-].CCCCCOP(C)(=O)[O-].[Zn+2]. The molecule has 0 aliphatic rings. The van der Waals surface area contributed by atoms with Crippen molar-refractivity contribution in [1.29, 1.82) is 0 Å². The zero-order valence-electron chi connectivity index (χ0n) is 13.7. The Morgan fingerprint density at radius 2 is 1.05 bits per heavy atom. The van der Waals surface area contributed by atoms with Gasteiger partial charge in [0.15, 0.2) is 0 Å². The number of unbranched alkanes of at least 4 members (excludes halogenated alkanes) is 4. The molecule has 0 amide bonds. The minimum absolute atomic E-state index is 0.